The number of nitrogens with one attached hydrogen (secondary N) is 2. The van der Waals surface area contributed by atoms with Gasteiger partial charge in [0, 0.05) is 35.6 Å². The van der Waals surface area contributed by atoms with E-state index >= 15 is 4.39 Å². The number of esters is 1. The molecule has 9 nitrogen and oxygen atoms in total. The van der Waals surface area contributed by atoms with Gasteiger partial charge in [-0.25, -0.2) is 27.0 Å². The van der Waals surface area contributed by atoms with Crippen LogP contribution in [0.4, 0.5) is 8.78 Å². The maximum absolute atomic E-state index is 15.1. The summed E-state index contributed by atoms with van der Waals surface area (Å²) in [5.74, 6) is -2.53. The van der Waals surface area contributed by atoms with Gasteiger partial charge in [-0.1, -0.05) is 30.3 Å². The fraction of sp³-hybridized carbons (Fsp3) is 0.172. The summed E-state index contributed by atoms with van der Waals surface area (Å²) in [7, 11) is -3.92. The third-order valence-corrected chi connectivity index (χ3v) is 7.29. The summed E-state index contributed by atoms with van der Waals surface area (Å²) >= 11 is 0. The van der Waals surface area contributed by atoms with Gasteiger partial charge in [-0.2, -0.15) is 0 Å². The molecule has 2 N–H and O–H groups in total. The highest BCUT2D eigenvalue weighted by Gasteiger charge is 2.25. The van der Waals surface area contributed by atoms with E-state index in [0.29, 0.717) is 11.3 Å². The van der Waals surface area contributed by atoms with E-state index < -0.39 is 39.3 Å². The fourth-order valence-electron chi connectivity index (χ4n) is 4.40. The van der Waals surface area contributed by atoms with E-state index in [1.54, 1.807) is 31.2 Å². The zero-order chi connectivity index (χ0) is 29.1. The Balaban J connectivity index is 1.49. The minimum absolute atomic E-state index is 0.0174. The topological polar surface area (TPSA) is 123 Å². The summed E-state index contributed by atoms with van der Waals surface area (Å²) in [6.45, 7) is 1.57. The van der Waals surface area contributed by atoms with E-state index in [0.717, 1.165) is 18.4 Å². The van der Waals surface area contributed by atoms with E-state index in [-0.39, 0.29) is 46.1 Å². The van der Waals surface area contributed by atoms with Crippen LogP contribution >= 0.6 is 0 Å². The predicted octanol–water partition coefficient (Wildman–Crippen LogP) is 5.70. The maximum atomic E-state index is 15.1. The van der Waals surface area contributed by atoms with Gasteiger partial charge >= 0.3 is 5.97 Å². The molecule has 0 aliphatic heterocycles. The van der Waals surface area contributed by atoms with Gasteiger partial charge in [0.2, 0.25) is 0 Å². The van der Waals surface area contributed by atoms with Crippen LogP contribution < -0.4 is 4.74 Å². The van der Waals surface area contributed by atoms with E-state index in [4.69, 9.17) is 14.2 Å². The molecule has 0 amide bonds. The van der Waals surface area contributed by atoms with Crippen molar-refractivity contribution in [2.24, 2.45) is 0 Å². The summed E-state index contributed by atoms with van der Waals surface area (Å²) in [6, 6.07) is 15.3. The molecule has 0 aliphatic rings. The molecular formula is C29H25F2N3O6S. The van der Waals surface area contributed by atoms with Crippen LogP contribution in [0.2, 0.25) is 0 Å². The number of hydrogen-bond donors (Lipinski definition) is 2. The van der Waals surface area contributed by atoms with Gasteiger partial charge in [-0.15, -0.1) is 0 Å². The highest BCUT2D eigenvalue weighted by Crippen LogP contribution is 2.38. The smallest absolute Gasteiger partial charge is 0.332 e. The van der Waals surface area contributed by atoms with Gasteiger partial charge in [-0.3, -0.25) is 0 Å². The SMILES string of the molecule is CCOC(=O)COC(c1ccccc1)c1c[nH]c(-c2cc(Oc3c(F)cc4[nH]ccc4c3S(C)(=O)=O)ccc2F)n1. The second-order valence-electron chi connectivity index (χ2n) is 9.05. The van der Waals surface area contributed by atoms with Crippen molar-refractivity contribution in [3.8, 4) is 22.9 Å². The number of carbonyl (C=O) groups is 1. The third kappa shape index (κ3) is 5.98. The highest BCUT2D eigenvalue weighted by molar-refractivity contribution is 7.91. The molecule has 0 radical (unpaired) electrons. The number of imidazole rings is 1. The molecule has 3 aromatic carbocycles. The average molecular weight is 582 g/mol. The van der Waals surface area contributed by atoms with Gasteiger partial charge < -0.3 is 24.2 Å². The third-order valence-electron chi connectivity index (χ3n) is 6.14. The van der Waals surface area contributed by atoms with Gasteiger partial charge in [0.1, 0.15) is 35.0 Å². The van der Waals surface area contributed by atoms with Crippen molar-refractivity contribution >= 4 is 26.7 Å². The first kappa shape index (κ1) is 28.0. The molecule has 0 aliphatic carbocycles. The predicted molar refractivity (Wildman–Crippen MR) is 146 cm³/mol. The summed E-state index contributed by atoms with van der Waals surface area (Å²) in [5.41, 5.74) is 1.34. The number of ether oxygens (including phenoxy) is 3. The Labute approximate surface area is 234 Å². The Kier molecular flexibility index (Phi) is 7.86. The molecule has 2 aromatic heterocycles. The first-order chi connectivity index (χ1) is 19.7. The lowest BCUT2D eigenvalue weighted by atomic mass is 10.1. The number of fused-ring (bicyclic) bond motifs is 1. The monoisotopic (exact) mass is 581 g/mol. The Hall–Kier alpha value is -4.55. The molecular weight excluding hydrogens is 556 g/mol. The van der Waals surface area contributed by atoms with Gasteiger partial charge in [0.05, 0.1) is 17.9 Å². The first-order valence-electron chi connectivity index (χ1n) is 12.5. The highest BCUT2D eigenvalue weighted by atomic mass is 32.2. The molecule has 12 heteroatoms. The number of halogens is 2. The van der Waals surface area contributed by atoms with Crippen LogP contribution in [-0.4, -0.2) is 48.8 Å². The minimum Gasteiger partial charge on any atom is -0.464 e. The summed E-state index contributed by atoms with van der Waals surface area (Å²) in [5, 5.41) is 0.261. The molecule has 1 unspecified atom stereocenters. The Morgan fingerprint density at radius 1 is 1.02 bits per heavy atom. The van der Waals surface area contributed by atoms with Crippen LogP contribution in [0.25, 0.3) is 22.3 Å². The van der Waals surface area contributed by atoms with Crippen LogP contribution in [0, 0.1) is 11.6 Å². The zero-order valence-electron chi connectivity index (χ0n) is 22.0. The van der Waals surface area contributed by atoms with Gasteiger partial charge in [0.15, 0.2) is 21.4 Å². The van der Waals surface area contributed by atoms with Crippen LogP contribution in [0.3, 0.4) is 0 Å². The second-order valence-corrected chi connectivity index (χ2v) is 11.0. The lowest BCUT2D eigenvalue weighted by Crippen LogP contribution is -2.16. The van der Waals surface area contributed by atoms with E-state index in [9.17, 15) is 17.6 Å². The second kappa shape index (κ2) is 11.5. The quantitative estimate of drug-likeness (QED) is 0.203. The first-order valence-corrected chi connectivity index (χ1v) is 14.4. The molecule has 0 bridgehead atoms. The summed E-state index contributed by atoms with van der Waals surface area (Å²) < 4.78 is 71.7. The van der Waals surface area contributed by atoms with Crippen molar-refractivity contribution in [3.63, 3.8) is 0 Å². The standard InChI is InChI=1S/C29H25F2N3O6S/c1-3-38-25(35)16-39-26(17-7-5-4-6-8-17)24-15-33-29(34-24)20-13-18(9-10-21(20)30)40-27-22(31)14-23-19(11-12-32-23)28(27)41(2,36)37/h4-15,26,32H,3,16H2,1-2H3,(H,33,34). The van der Waals surface area contributed by atoms with Gasteiger partial charge in [-0.05, 0) is 36.8 Å². The van der Waals surface area contributed by atoms with Gasteiger partial charge in [0.25, 0.3) is 0 Å². The summed E-state index contributed by atoms with van der Waals surface area (Å²) in [4.78, 5) is 21.8. The number of aromatic nitrogens is 3. The van der Waals surface area contributed by atoms with Crippen LogP contribution in [-0.2, 0) is 24.1 Å². The van der Waals surface area contributed by atoms with E-state index in [1.165, 1.54) is 30.6 Å². The van der Waals surface area contributed by atoms with Crippen molar-refractivity contribution in [3.05, 3.63) is 95.9 Å². The lowest BCUT2D eigenvalue weighted by Gasteiger charge is -2.16. The maximum Gasteiger partial charge on any atom is 0.332 e. The van der Waals surface area contributed by atoms with Crippen molar-refractivity contribution in [2.45, 2.75) is 17.9 Å². The van der Waals surface area contributed by atoms with E-state index in [1.807, 2.05) is 6.07 Å². The zero-order valence-corrected chi connectivity index (χ0v) is 22.8. The normalized spacial score (nSPS) is 12.4. The number of benzene rings is 3. The molecule has 5 rings (SSSR count). The molecule has 212 valence electrons. The number of H-pyrrole nitrogens is 2. The van der Waals surface area contributed by atoms with Crippen molar-refractivity contribution < 1.29 is 36.2 Å². The molecule has 0 spiro atoms. The van der Waals surface area contributed by atoms with Crippen LogP contribution in [0.15, 0.2) is 78.0 Å². The van der Waals surface area contributed by atoms with Crippen molar-refractivity contribution in [1.29, 1.82) is 0 Å². The molecule has 5 aromatic rings. The molecule has 41 heavy (non-hydrogen) atoms. The van der Waals surface area contributed by atoms with E-state index in [2.05, 4.69) is 15.0 Å². The van der Waals surface area contributed by atoms with Crippen molar-refractivity contribution in [1.82, 2.24) is 15.0 Å². The number of sulfone groups is 1. The number of aromatic amines is 2. The minimum atomic E-state index is -3.92. The lowest BCUT2D eigenvalue weighted by molar-refractivity contribution is -0.149. The molecule has 2 heterocycles. The fourth-order valence-corrected chi connectivity index (χ4v) is 5.45. The van der Waals surface area contributed by atoms with Crippen LogP contribution in [0.5, 0.6) is 11.5 Å². The molecule has 0 saturated carbocycles. The number of rotatable bonds is 10. The van der Waals surface area contributed by atoms with Crippen LogP contribution in [0.1, 0.15) is 24.3 Å². The largest absolute Gasteiger partial charge is 0.464 e. The Bertz CT molecular complexity index is 1820. The Morgan fingerprint density at radius 2 is 1.80 bits per heavy atom. The molecule has 0 fully saturated rings. The Morgan fingerprint density at radius 3 is 2.54 bits per heavy atom. The number of hydrogen-bond acceptors (Lipinski definition) is 7. The molecule has 0 saturated heterocycles. The summed E-state index contributed by atoms with van der Waals surface area (Å²) in [6.07, 6.45) is 3.19. The number of carbonyl (C=O) groups excluding carboxylic acids is 1. The van der Waals surface area contributed by atoms with Crippen molar-refractivity contribution in [2.75, 3.05) is 19.5 Å². The average Bonchev–Trinajstić information content (AvgIpc) is 3.60. The number of nitrogens with zero attached hydrogens (tertiary/aromatic N) is 1. The molecule has 1 atom stereocenters.